The van der Waals surface area contributed by atoms with Crippen LogP contribution in [0, 0.1) is 0 Å². The van der Waals surface area contributed by atoms with Gasteiger partial charge >= 0.3 is 0 Å². The summed E-state index contributed by atoms with van der Waals surface area (Å²) < 4.78 is 4.90. The number of Topliss-reactive ketones (excluding diaryl/α,β-unsaturated/α-hetero) is 1. The van der Waals surface area contributed by atoms with E-state index in [1.165, 1.54) is 13.2 Å². The Labute approximate surface area is 114 Å². The van der Waals surface area contributed by atoms with Crippen molar-refractivity contribution in [1.82, 2.24) is 9.97 Å². The molecule has 3 rings (SSSR count). The minimum Gasteiger partial charge on any atom is -0.492 e. The molecule has 2 aromatic heterocycles. The van der Waals surface area contributed by atoms with Crippen molar-refractivity contribution in [2.45, 2.75) is 0 Å². The van der Waals surface area contributed by atoms with Gasteiger partial charge in [0.1, 0.15) is 5.69 Å². The standard InChI is InChI=1S/C15H10N2O3/c1-20-13-8-12(18)14-9(15(13)19)5-6-11(17-14)10-4-2-3-7-16-10/h2-8H,1H3. The lowest BCUT2D eigenvalue weighted by atomic mass is 9.97. The molecule has 2 aromatic rings. The number of carbonyl (C=O) groups is 2. The number of carbonyl (C=O) groups excluding carboxylic acids is 2. The molecular formula is C15H10N2O3. The van der Waals surface area contributed by atoms with E-state index >= 15 is 0 Å². The van der Waals surface area contributed by atoms with Crippen LogP contribution in [0.2, 0.25) is 0 Å². The number of rotatable bonds is 2. The summed E-state index contributed by atoms with van der Waals surface area (Å²) >= 11 is 0. The second-order valence-electron chi connectivity index (χ2n) is 4.21. The lowest BCUT2D eigenvalue weighted by Gasteiger charge is -2.13. The number of hydrogen-bond donors (Lipinski definition) is 0. The zero-order valence-electron chi connectivity index (χ0n) is 10.7. The first-order valence-corrected chi connectivity index (χ1v) is 5.98. The Morgan fingerprint density at radius 3 is 2.60 bits per heavy atom. The molecule has 0 aromatic carbocycles. The Morgan fingerprint density at radius 2 is 1.90 bits per heavy atom. The maximum Gasteiger partial charge on any atom is 0.229 e. The van der Waals surface area contributed by atoms with Crippen LogP contribution in [0.4, 0.5) is 0 Å². The number of ketones is 2. The number of aromatic nitrogens is 2. The predicted molar refractivity (Wildman–Crippen MR) is 71.2 cm³/mol. The van der Waals surface area contributed by atoms with Crippen LogP contribution in [0.25, 0.3) is 11.4 Å². The molecule has 98 valence electrons. The van der Waals surface area contributed by atoms with Gasteiger partial charge in [-0.15, -0.1) is 0 Å². The van der Waals surface area contributed by atoms with Crippen LogP contribution in [0.3, 0.4) is 0 Å². The van der Waals surface area contributed by atoms with Crippen LogP contribution in [-0.2, 0) is 4.74 Å². The van der Waals surface area contributed by atoms with Gasteiger partial charge in [-0.2, -0.15) is 0 Å². The number of fused-ring (bicyclic) bond motifs is 1. The van der Waals surface area contributed by atoms with Gasteiger partial charge in [0.2, 0.25) is 11.6 Å². The van der Waals surface area contributed by atoms with Gasteiger partial charge in [-0.3, -0.25) is 14.6 Å². The molecule has 5 nitrogen and oxygen atoms in total. The Hall–Kier alpha value is -2.82. The lowest BCUT2D eigenvalue weighted by molar-refractivity contribution is 0.0914. The molecule has 1 aliphatic rings. The molecule has 5 heteroatoms. The summed E-state index contributed by atoms with van der Waals surface area (Å²) in [6.45, 7) is 0. The van der Waals surface area contributed by atoms with E-state index in [0.29, 0.717) is 11.4 Å². The van der Waals surface area contributed by atoms with Crippen molar-refractivity contribution in [2.24, 2.45) is 0 Å². The Kier molecular flexibility index (Phi) is 2.87. The van der Waals surface area contributed by atoms with Crippen molar-refractivity contribution in [1.29, 1.82) is 0 Å². The zero-order valence-corrected chi connectivity index (χ0v) is 10.7. The van der Waals surface area contributed by atoms with E-state index in [4.69, 9.17) is 4.74 Å². The first kappa shape index (κ1) is 12.2. The molecule has 0 N–H and O–H groups in total. The highest BCUT2D eigenvalue weighted by Gasteiger charge is 2.28. The summed E-state index contributed by atoms with van der Waals surface area (Å²) in [6.07, 6.45) is 2.81. The molecule has 0 atom stereocenters. The topological polar surface area (TPSA) is 69.2 Å². The number of nitrogens with zero attached hydrogens (tertiary/aromatic N) is 2. The van der Waals surface area contributed by atoms with Crippen LogP contribution in [0.5, 0.6) is 0 Å². The Morgan fingerprint density at radius 1 is 1.05 bits per heavy atom. The van der Waals surface area contributed by atoms with Gasteiger partial charge in [0.25, 0.3) is 0 Å². The highest BCUT2D eigenvalue weighted by molar-refractivity contribution is 6.23. The summed E-state index contributed by atoms with van der Waals surface area (Å²) in [5.74, 6) is -0.633. The van der Waals surface area contributed by atoms with Gasteiger partial charge in [0.15, 0.2) is 5.76 Å². The SMILES string of the molecule is COC1=CC(=O)c2nc(-c3ccccn3)ccc2C1=O. The summed E-state index contributed by atoms with van der Waals surface area (Å²) in [5, 5.41) is 0. The Balaban J connectivity index is 2.12. The normalized spacial score (nSPS) is 13.8. The van der Waals surface area contributed by atoms with Gasteiger partial charge in [0.05, 0.1) is 24.1 Å². The third kappa shape index (κ3) is 1.89. The van der Waals surface area contributed by atoms with Crippen LogP contribution < -0.4 is 0 Å². The van der Waals surface area contributed by atoms with Gasteiger partial charge in [0, 0.05) is 12.3 Å². The molecule has 0 amide bonds. The third-order valence-corrected chi connectivity index (χ3v) is 3.01. The minimum atomic E-state index is -0.339. The van der Waals surface area contributed by atoms with Gasteiger partial charge in [-0.05, 0) is 24.3 Å². The second kappa shape index (κ2) is 4.70. The minimum absolute atomic E-state index is 0.0369. The van der Waals surface area contributed by atoms with Crippen LogP contribution in [0.1, 0.15) is 20.8 Å². The zero-order chi connectivity index (χ0) is 14.1. The number of methoxy groups -OCH3 is 1. The van der Waals surface area contributed by atoms with Crippen molar-refractivity contribution < 1.29 is 14.3 Å². The molecule has 0 fully saturated rings. The predicted octanol–water partition coefficient (Wildman–Crippen LogP) is 2.05. The molecule has 0 spiro atoms. The first-order valence-electron chi connectivity index (χ1n) is 5.98. The lowest BCUT2D eigenvalue weighted by Crippen LogP contribution is -2.19. The molecule has 20 heavy (non-hydrogen) atoms. The number of pyridine rings is 2. The monoisotopic (exact) mass is 266 g/mol. The van der Waals surface area contributed by atoms with E-state index in [1.807, 2.05) is 6.07 Å². The summed E-state index contributed by atoms with van der Waals surface area (Å²) in [5.41, 5.74) is 1.60. The van der Waals surface area contributed by atoms with Crippen molar-refractivity contribution in [2.75, 3.05) is 7.11 Å². The molecule has 2 heterocycles. The van der Waals surface area contributed by atoms with Crippen molar-refractivity contribution in [3.8, 4) is 11.4 Å². The van der Waals surface area contributed by atoms with E-state index < -0.39 is 0 Å². The summed E-state index contributed by atoms with van der Waals surface area (Å²) in [7, 11) is 1.36. The van der Waals surface area contributed by atoms with Crippen molar-refractivity contribution >= 4 is 11.6 Å². The van der Waals surface area contributed by atoms with Crippen molar-refractivity contribution in [3.63, 3.8) is 0 Å². The first-order chi connectivity index (χ1) is 9.70. The van der Waals surface area contributed by atoms with E-state index in [-0.39, 0.29) is 28.6 Å². The number of ether oxygens (including phenoxy) is 1. The molecule has 1 aliphatic carbocycles. The quantitative estimate of drug-likeness (QED) is 0.832. The molecule has 0 aliphatic heterocycles. The smallest absolute Gasteiger partial charge is 0.229 e. The highest BCUT2D eigenvalue weighted by atomic mass is 16.5. The summed E-state index contributed by atoms with van der Waals surface area (Å²) in [6, 6.07) is 8.67. The average molecular weight is 266 g/mol. The molecule has 0 saturated carbocycles. The fourth-order valence-corrected chi connectivity index (χ4v) is 2.02. The molecule has 0 unspecified atom stereocenters. The second-order valence-corrected chi connectivity index (χ2v) is 4.21. The van der Waals surface area contributed by atoms with E-state index in [0.717, 1.165) is 0 Å². The maximum absolute atomic E-state index is 12.0. The van der Waals surface area contributed by atoms with Gasteiger partial charge < -0.3 is 4.74 Å². The molecule has 0 radical (unpaired) electrons. The van der Waals surface area contributed by atoms with Gasteiger partial charge in [-0.1, -0.05) is 6.07 Å². The number of allylic oxidation sites excluding steroid dienone is 2. The van der Waals surface area contributed by atoms with Crippen LogP contribution in [0.15, 0.2) is 48.4 Å². The van der Waals surface area contributed by atoms with E-state index in [9.17, 15) is 9.59 Å². The number of hydrogen-bond acceptors (Lipinski definition) is 5. The molecule has 0 bridgehead atoms. The molecular weight excluding hydrogens is 256 g/mol. The summed E-state index contributed by atoms with van der Waals surface area (Å²) in [4.78, 5) is 32.5. The largest absolute Gasteiger partial charge is 0.492 e. The van der Waals surface area contributed by atoms with Crippen LogP contribution in [-0.4, -0.2) is 28.6 Å². The van der Waals surface area contributed by atoms with Crippen molar-refractivity contribution in [3.05, 3.63) is 59.6 Å². The molecule has 0 saturated heterocycles. The average Bonchev–Trinajstić information content (AvgIpc) is 2.51. The van der Waals surface area contributed by atoms with Crippen LogP contribution >= 0.6 is 0 Å². The fraction of sp³-hybridized carbons (Fsp3) is 0.0667. The van der Waals surface area contributed by atoms with E-state index in [2.05, 4.69) is 9.97 Å². The van der Waals surface area contributed by atoms with Gasteiger partial charge in [-0.25, -0.2) is 4.98 Å². The maximum atomic E-state index is 12.0. The third-order valence-electron chi connectivity index (χ3n) is 3.01. The fourth-order valence-electron chi connectivity index (χ4n) is 2.02. The van der Waals surface area contributed by atoms with E-state index in [1.54, 1.807) is 30.5 Å². The highest BCUT2D eigenvalue weighted by Crippen LogP contribution is 2.23. The Bertz CT molecular complexity index is 736.